The summed E-state index contributed by atoms with van der Waals surface area (Å²) in [7, 11) is 0. The molecular formula is C11H10BrN3OS. The first-order chi connectivity index (χ1) is 8.15. The summed E-state index contributed by atoms with van der Waals surface area (Å²) >= 11 is 4.79. The number of thioether (sulfide) groups is 1. The average Bonchev–Trinajstić information content (AvgIpc) is 2.70. The molecule has 17 heavy (non-hydrogen) atoms. The fourth-order valence-electron chi connectivity index (χ4n) is 1.28. The molecule has 0 aliphatic carbocycles. The normalized spacial score (nSPS) is 18.0. The van der Waals surface area contributed by atoms with Crippen molar-refractivity contribution in [1.82, 2.24) is 5.32 Å². The predicted molar refractivity (Wildman–Crippen MR) is 74.5 cm³/mol. The van der Waals surface area contributed by atoms with Crippen molar-refractivity contribution >= 4 is 45.0 Å². The van der Waals surface area contributed by atoms with E-state index in [0.717, 1.165) is 15.6 Å². The summed E-state index contributed by atoms with van der Waals surface area (Å²) in [6, 6.07) is 5.92. The Hall–Kier alpha value is -1.14. The molecule has 1 amide bonds. The van der Waals surface area contributed by atoms with E-state index in [1.807, 2.05) is 25.1 Å². The molecule has 1 heterocycles. The van der Waals surface area contributed by atoms with Crippen LogP contribution in [-0.4, -0.2) is 23.0 Å². The van der Waals surface area contributed by atoms with Gasteiger partial charge in [-0.3, -0.25) is 4.79 Å². The van der Waals surface area contributed by atoms with E-state index in [4.69, 9.17) is 0 Å². The number of amides is 1. The number of carbonyl (C=O) groups excluding carboxylic acids is 1. The zero-order valence-electron chi connectivity index (χ0n) is 9.11. The van der Waals surface area contributed by atoms with Crippen molar-refractivity contribution in [3.63, 3.8) is 0 Å². The van der Waals surface area contributed by atoms with E-state index in [1.165, 1.54) is 11.8 Å². The van der Waals surface area contributed by atoms with Gasteiger partial charge in [0.05, 0.1) is 12.0 Å². The molecule has 1 aromatic rings. The van der Waals surface area contributed by atoms with E-state index in [0.29, 0.717) is 10.9 Å². The first kappa shape index (κ1) is 12.3. The molecular weight excluding hydrogens is 302 g/mol. The number of hydrogen-bond acceptors (Lipinski definition) is 4. The van der Waals surface area contributed by atoms with Crippen molar-refractivity contribution in [2.24, 2.45) is 10.2 Å². The van der Waals surface area contributed by atoms with Gasteiger partial charge >= 0.3 is 0 Å². The smallest absolute Gasteiger partial charge is 0.236 e. The molecule has 1 aliphatic rings. The first-order valence-corrected chi connectivity index (χ1v) is 6.73. The van der Waals surface area contributed by atoms with E-state index in [9.17, 15) is 4.79 Å². The predicted octanol–water partition coefficient (Wildman–Crippen LogP) is 2.31. The second-order valence-electron chi connectivity index (χ2n) is 3.50. The van der Waals surface area contributed by atoms with Gasteiger partial charge in [-0.25, -0.2) is 0 Å². The highest BCUT2D eigenvalue weighted by Gasteiger charge is 2.15. The molecule has 88 valence electrons. The van der Waals surface area contributed by atoms with E-state index < -0.39 is 0 Å². The molecule has 4 nitrogen and oxygen atoms in total. The van der Waals surface area contributed by atoms with Gasteiger partial charge in [-0.15, -0.1) is 5.10 Å². The van der Waals surface area contributed by atoms with E-state index >= 15 is 0 Å². The van der Waals surface area contributed by atoms with Crippen molar-refractivity contribution < 1.29 is 4.79 Å². The Balaban J connectivity index is 2.05. The zero-order valence-corrected chi connectivity index (χ0v) is 11.5. The van der Waals surface area contributed by atoms with Gasteiger partial charge in [-0.1, -0.05) is 33.8 Å². The van der Waals surface area contributed by atoms with Gasteiger partial charge in [-0.2, -0.15) is 5.10 Å². The molecule has 6 heteroatoms. The molecule has 1 aromatic carbocycles. The van der Waals surface area contributed by atoms with Crippen LogP contribution in [0.3, 0.4) is 0 Å². The maximum atomic E-state index is 10.9. The number of nitrogens with one attached hydrogen (secondary N) is 1. The third-order valence-corrected chi connectivity index (χ3v) is 3.88. The molecule has 0 bridgehead atoms. The van der Waals surface area contributed by atoms with Crippen LogP contribution >= 0.6 is 27.7 Å². The molecule has 0 spiro atoms. The van der Waals surface area contributed by atoms with Crippen LogP contribution < -0.4 is 5.32 Å². The molecule has 0 aromatic heterocycles. The lowest BCUT2D eigenvalue weighted by atomic mass is 10.2. The maximum Gasteiger partial charge on any atom is 0.236 e. The molecule has 0 unspecified atom stereocenters. The molecule has 2 rings (SSSR count). The molecule has 1 fully saturated rings. The molecule has 1 aliphatic heterocycles. The fourth-order valence-corrected chi connectivity index (χ4v) is 2.15. The summed E-state index contributed by atoms with van der Waals surface area (Å²) in [5.74, 6) is 0.398. The second-order valence-corrected chi connectivity index (χ2v) is 5.31. The minimum atomic E-state index is -0.0246. The lowest BCUT2D eigenvalue weighted by molar-refractivity contribution is -0.116. The minimum Gasteiger partial charge on any atom is -0.303 e. The number of rotatable bonds is 2. The topological polar surface area (TPSA) is 53.8 Å². The van der Waals surface area contributed by atoms with Crippen LogP contribution in [0, 0.1) is 6.92 Å². The number of halogens is 1. The number of nitrogens with zero attached hydrogens (tertiary/aromatic N) is 2. The van der Waals surface area contributed by atoms with Crippen molar-refractivity contribution in [2.45, 2.75) is 6.92 Å². The summed E-state index contributed by atoms with van der Waals surface area (Å²) in [5, 5.41) is 11.0. The van der Waals surface area contributed by atoms with Crippen LogP contribution in [0.4, 0.5) is 0 Å². The highest BCUT2D eigenvalue weighted by atomic mass is 79.9. The van der Waals surface area contributed by atoms with Gasteiger partial charge in [0.25, 0.3) is 0 Å². The summed E-state index contributed by atoms with van der Waals surface area (Å²) in [5.41, 5.74) is 2.12. The highest BCUT2D eigenvalue weighted by Crippen LogP contribution is 2.16. The van der Waals surface area contributed by atoms with E-state index in [2.05, 4.69) is 31.4 Å². The Morgan fingerprint density at radius 2 is 2.35 bits per heavy atom. The largest absolute Gasteiger partial charge is 0.303 e. The molecule has 1 saturated heterocycles. The van der Waals surface area contributed by atoms with Gasteiger partial charge in [0.1, 0.15) is 0 Å². The van der Waals surface area contributed by atoms with Gasteiger partial charge in [-0.05, 0) is 30.2 Å². The molecule has 0 saturated carbocycles. The SMILES string of the molecule is Cc1cc(C=NN=C2NC(=O)CS2)ccc1Br. The Morgan fingerprint density at radius 1 is 1.53 bits per heavy atom. The van der Waals surface area contributed by atoms with Crippen LogP contribution in [0.5, 0.6) is 0 Å². The average molecular weight is 312 g/mol. The molecule has 0 atom stereocenters. The third kappa shape index (κ3) is 3.41. The number of aryl methyl sites for hydroxylation is 1. The monoisotopic (exact) mass is 311 g/mol. The Kier molecular flexibility index (Phi) is 3.96. The second kappa shape index (κ2) is 5.46. The van der Waals surface area contributed by atoms with Gasteiger partial charge in [0.15, 0.2) is 5.17 Å². The molecule has 0 radical (unpaired) electrons. The quantitative estimate of drug-likeness (QED) is 0.673. The highest BCUT2D eigenvalue weighted by molar-refractivity contribution is 9.10. The number of amidine groups is 1. The first-order valence-electron chi connectivity index (χ1n) is 4.95. The molecule has 1 N–H and O–H groups in total. The zero-order chi connectivity index (χ0) is 12.3. The lowest BCUT2D eigenvalue weighted by Gasteiger charge is -1.98. The van der Waals surface area contributed by atoms with Crippen LogP contribution in [0.1, 0.15) is 11.1 Å². The van der Waals surface area contributed by atoms with E-state index in [1.54, 1.807) is 6.21 Å². The van der Waals surface area contributed by atoms with Gasteiger partial charge in [0, 0.05) is 4.47 Å². The number of carbonyl (C=O) groups is 1. The summed E-state index contributed by atoms with van der Waals surface area (Å²) < 4.78 is 1.07. The van der Waals surface area contributed by atoms with Crippen LogP contribution in [0.25, 0.3) is 0 Å². The van der Waals surface area contributed by atoms with Crippen molar-refractivity contribution in [2.75, 3.05) is 5.75 Å². The Labute approximate surface area is 112 Å². The lowest BCUT2D eigenvalue weighted by Crippen LogP contribution is -2.19. The fraction of sp³-hybridized carbons (Fsp3) is 0.182. The van der Waals surface area contributed by atoms with Crippen molar-refractivity contribution in [1.29, 1.82) is 0 Å². The number of benzene rings is 1. The van der Waals surface area contributed by atoms with Gasteiger partial charge < -0.3 is 5.32 Å². The van der Waals surface area contributed by atoms with E-state index in [-0.39, 0.29) is 5.91 Å². The van der Waals surface area contributed by atoms with Crippen molar-refractivity contribution in [3.05, 3.63) is 33.8 Å². The maximum absolute atomic E-state index is 10.9. The Bertz CT molecular complexity index is 513. The third-order valence-electron chi connectivity index (χ3n) is 2.12. The van der Waals surface area contributed by atoms with Crippen LogP contribution in [0.15, 0.2) is 32.9 Å². The van der Waals surface area contributed by atoms with Gasteiger partial charge in [0.2, 0.25) is 5.91 Å². The van der Waals surface area contributed by atoms with Crippen LogP contribution in [-0.2, 0) is 4.79 Å². The van der Waals surface area contributed by atoms with Crippen molar-refractivity contribution in [3.8, 4) is 0 Å². The summed E-state index contributed by atoms with van der Waals surface area (Å²) in [6.07, 6.45) is 1.66. The summed E-state index contributed by atoms with van der Waals surface area (Å²) in [6.45, 7) is 2.01. The summed E-state index contributed by atoms with van der Waals surface area (Å²) in [4.78, 5) is 10.9. The standard InChI is InChI=1S/C11H10BrN3OS/c1-7-4-8(2-3-9(7)12)5-13-15-11-14-10(16)6-17-11/h2-5H,6H2,1H3,(H,14,15,16). The number of hydrogen-bond donors (Lipinski definition) is 1. The Morgan fingerprint density at radius 3 is 3.00 bits per heavy atom. The van der Waals surface area contributed by atoms with Crippen LogP contribution in [0.2, 0.25) is 0 Å². The minimum absolute atomic E-state index is 0.0246.